The van der Waals surface area contributed by atoms with E-state index in [-0.39, 0.29) is 0 Å². The number of hydrogen-bond donors (Lipinski definition) is 2. The van der Waals surface area contributed by atoms with Crippen LogP contribution in [0.3, 0.4) is 0 Å². The van der Waals surface area contributed by atoms with Gasteiger partial charge in [-0.1, -0.05) is 29.8 Å². The average molecular weight is 435 g/mol. The molecule has 164 valence electrons. The zero-order chi connectivity index (χ0) is 21.3. The zero-order valence-electron chi connectivity index (χ0n) is 17.3. The van der Waals surface area contributed by atoms with Crippen molar-refractivity contribution in [1.82, 2.24) is 9.80 Å². The van der Waals surface area contributed by atoms with E-state index in [0.29, 0.717) is 0 Å². The van der Waals surface area contributed by atoms with E-state index in [1.54, 1.807) is 6.42 Å². The van der Waals surface area contributed by atoms with Crippen LogP contribution in [0.25, 0.3) is 0 Å². The molecule has 2 N–H and O–H groups in total. The van der Waals surface area contributed by atoms with Gasteiger partial charge >= 0.3 is 11.9 Å². The quantitative estimate of drug-likeness (QED) is 0.709. The van der Waals surface area contributed by atoms with E-state index >= 15 is 0 Å². The van der Waals surface area contributed by atoms with Crippen molar-refractivity contribution in [3.63, 3.8) is 0 Å². The van der Waals surface area contributed by atoms with E-state index in [1.165, 1.54) is 57.4 Å². The molecule has 6 rings (SSSR count). The summed E-state index contributed by atoms with van der Waals surface area (Å²) in [6.45, 7) is 5.94. The first kappa shape index (κ1) is 21.6. The molecule has 1 saturated heterocycles. The van der Waals surface area contributed by atoms with Crippen LogP contribution >= 0.6 is 11.6 Å². The second kappa shape index (κ2) is 9.25. The van der Waals surface area contributed by atoms with Crippen molar-refractivity contribution in [1.29, 1.82) is 0 Å². The number of carbonyl (C=O) groups is 2. The fourth-order valence-electron chi connectivity index (χ4n) is 6.58. The maximum atomic E-state index is 9.10. The summed E-state index contributed by atoms with van der Waals surface area (Å²) in [6.07, 6.45) is 7.72. The molecular weight excluding hydrogens is 404 g/mol. The van der Waals surface area contributed by atoms with E-state index in [2.05, 4.69) is 21.9 Å². The lowest BCUT2D eigenvalue weighted by atomic mass is 9.54. The Morgan fingerprint density at radius 3 is 1.90 bits per heavy atom. The zero-order valence-corrected chi connectivity index (χ0v) is 18.0. The van der Waals surface area contributed by atoms with Crippen molar-refractivity contribution in [3.05, 3.63) is 34.9 Å². The lowest BCUT2D eigenvalue weighted by Gasteiger charge is -2.58. The molecule has 0 atom stereocenters. The first-order valence-corrected chi connectivity index (χ1v) is 11.4. The Morgan fingerprint density at radius 1 is 0.867 bits per heavy atom. The third kappa shape index (κ3) is 4.82. The van der Waals surface area contributed by atoms with Crippen LogP contribution in [0, 0.1) is 23.7 Å². The molecule has 4 bridgehead atoms. The molecule has 7 heteroatoms. The molecule has 0 amide bonds. The Hall–Kier alpha value is -1.63. The molecule has 1 heterocycles. The predicted octanol–water partition coefficient (Wildman–Crippen LogP) is 3.44. The molecule has 30 heavy (non-hydrogen) atoms. The molecule has 1 aromatic carbocycles. The van der Waals surface area contributed by atoms with Crippen LogP contribution in [-0.4, -0.2) is 64.2 Å². The maximum absolute atomic E-state index is 9.10. The first-order chi connectivity index (χ1) is 14.4. The summed E-state index contributed by atoms with van der Waals surface area (Å²) in [5, 5.41) is 15.7. The van der Waals surface area contributed by atoms with Crippen molar-refractivity contribution in [2.45, 2.75) is 44.7 Å². The van der Waals surface area contributed by atoms with Gasteiger partial charge in [0.25, 0.3) is 0 Å². The Balaban J connectivity index is 0.000000322. The molecule has 0 spiro atoms. The number of halogens is 1. The van der Waals surface area contributed by atoms with Gasteiger partial charge in [0.15, 0.2) is 0 Å². The third-order valence-corrected chi connectivity index (χ3v) is 7.91. The van der Waals surface area contributed by atoms with Crippen LogP contribution in [0.5, 0.6) is 0 Å². The number of piperazine rings is 1. The summed E-state index contributed by atoms with van der Waals surface area (Å²) < 4.78 is 0. The molecule has 4 saturated carbocycles. The van der Waals surface area contributed by atoms with Crippen molar-refractivity contribution in [2.24, 2.45) is 23.7 Å². The highest BCUT2D eigenvalue weighted by Crippen LogP contribution is 2.55. The molecule has 5 fully saturated rings. The molecular formula is C23H31ClN2O4. The van der Waals surface area contributed by atoms with Crippen LogP contribution in [0.4, 0.5) is 0 Å². The van der Waals surface area contributed by atoms with E-state index < -0.39 is 11.9 Å². The smallest absolute Gasteiger partial charge is 0.414 e. The van der Waals surface area contributed by atoms with E-state index in [1.807, 2.05) is 12.1 Å². The van der Waals surface area contributed by atoms with Gasteiger partial charge in [0, 0.05) is 43.8 Å². The van der Waals surface area contributed by atoms with Crippen molar-refractivity contribution in [2.75, 3.05) is 26.2 Å². The Bertz CT molecular complexity index is 738. The van der Waals surface area contributed by atoms with E-state index in [0.717, 1.165) is 41.3 Å². The first-order valence-electron chi connectivity index (χ1n) is 11.1. The highest BCUT2D eigenvalue weighted by Gasteiger charge is 2.50. The minimum atomic E-state index is -1.82. The summed E-state index contributed by atoms with van der Waals surface area (Å²) in [6, 6.07) is 9.23. The molecule has 6 nitrogen and oxygen atoms in total. The Labute approximate surface area is 182 Å². The van der Waals surface area contributed by atoms with E-state index in [4.69, 9.17) is 31.4 Å². The van der Waals surface area contributed by atoms with Crippen LogP contribution in [-0.2, 0) is 16.1 Å². The summed E-state index contributed by atoms with van der Waals surface area (Å²) >= 11 is 6.34. The van der Waals surface area contributed by atoms with Gasteiger partial charge in [0.2, 0.25) is 0 Å². The molecule has 0 aromatic heterocycles. The standard InChI is InChI=1S/C21H29ClN2.C2H2O4/c22-20-4-2-1-3-17(20)14-23-5-7-24(8-6-23)21-18-10-15-9-16(12-18)13-19(21)11-15;3-1(4)2(5)6/h1-4,15-16,18-19,21H,5-14H2;(H,3,4)(H,5,6). The molecule has 5 aliphatic rings. The molecule has 0 unspecified atom stereocenters. The predicted molar refractivity (Wildman–Crippen MR) is 114 cm³/mol. The maximum Gasteiger partial charge on any atom is 0.414 e. The highest BCUT2D eigenvalue weighted by molar-refractivity contribution is 6.31. The lowest BCUT2D eigenvalue weighted by Crippen LogP contribution is -2.60. The minimum absolute atomic E-state index is 0.917. The Morgan fingerprint density at radius 2 is 1.40 bits per heavy atom. The topological polar surface area (TPSA) is 81.1 Å². The highest BCUT2D eigenvalue weighted by atomic mass is 35.5. The van der Waals surface area contributed by atoms with Crippen molar-refractivity contribution in [3.8, 4) is 0 Å². The van der Waals surface area contributed by atoms with E-state index in [9.17, 15) is 0 Å². The molecule has 1 aliphatic heterocycles. The molecule has 0 radical (unpaired) electrons. The Kier molecular flexibility index (Phi) is 6.66. The van der Waals surface area contributed by atoms with Crippen molar-refractivity contribution < 1.29 is 19.8 Å². The van der Waals surface area contributed by atoms with Crippen LogP contribution in [0.15, 0.2) is 24.3 Å². The third-order valence-electron chi connectivity index (χ3n) is 7.54. The average Bonchev–Trinajstić information content (AvgIpc) is 2.70. The molecule has 4 aliphatic carbocycles. The number of rotatable bonds is 3. The number of hydrogen-bond acceptors (Lipinski definition) is 4. The number of carboxylic acid groups (broad SMARTS) is 2. The number of aliphatic carboxylic acids is 2. The fraction of sp³-hybridized carbons (Fsp3) is 0.652. The van der Waals surface area contributed by atoms with Gasteiger partial charge in [-0.2, -0.15) is 0 Å². The SMILES string of the molecule is Clc1ccccc1CN1CCN(C2C3CC4CC(C3)CC2C4)CC1.O=C(O)C(=O)O. The van der Waals surface area contributed by atoms with Gasteiger partial charge in [-0.25, -0.2) is 9.59 Å². The second-order valence-corrected chi connectivity index (χ2v) is 9.84. The lowest BCUT2D eigenvalue weighted by molar-refractivity contribution is -0.159. The monoisotopic (exact) mass is 434 g/mol. The number of carboxylic acids is 2. The largest absolute Gasteiger partial charge is 0.473 e. The summed E-state index contributed by atoms with van der Waals surface area (Å²) in [5.74, 6) is 0.577. The fourth-order valence-corrected chi connectivity index (χ4v) is 6.78. The summed E-state index contributed by atoms with van der Waals surface area (Å²) in [4.78, 5) is 23.7. The number of nitrogens with zero attached hydrogens (tertiary/aromatic N) is 2. The van der Waals surface area contributed by atoms with Gasteiger partial charge in [0.1, 0.15) is 0 Å². The van der Waals surface area contributed by atoms with Gasteiger partial charge < -0.3 is 10.2 Å². The normalized spacial score (nSPS) is 33.0. The second-order valence-electron chi connectivity index (χ2n) is 9.44. The van der Waals surface area contributed by atoms with Gasteiger partial charge in [-0.05, 0) is 67.4 Å². The van der Waals surface area contributed by atoms with Crippen LogP contribution in [0.2, 0.25) is 5.02 Å². The van der Waals surface area contributed by atoms with Gasteiger partial charge in [-0.3, -0.25) is 9.80 Å². The van der Waals surface area contributed by atoms with Crippen molar-refractivity contribution >= 4 is 23.5 Å². The number of benzene rings is 1. The van der Waals surface area contributed by atoms with Crippen LogP contribution in [0.1, 0.15) is 37.7 Å². The van der Waals surface area contributed by atoms with Crippen LogP contribution < -0.4 is 0 Å². The van der Waals surface area contributed by atoms with Gasteiger partial charge in [-0.15, -0.1) is 0 Å². The minimum Gasteiger partial charge on any atom is -0.473 e. The summed E-state index contributed by atoms with van der Waals surface area (Å²) in [5.41, 5.74) is 1.28. The van der Waals surface area contributed by atoms with Gasteiger partial charge in [0.05, 0.1) is 0 Å². The molecule has 1 aromatic rings. The summed E-state index contributed by atoms with van der Waals surface area (Å²) in [7, 11) is 0.